The van der Waals surface area contributed by atoms with Crippen LogP contribution >= 0.6 is 0 Å². The van der Waals surface area contributed by atoms with Crippen LogP contribution in [0.4, 0.5) is 0 Å². The van der Waals surface area contributed by atoms with Gasteiger partial charge in [0.2, 0.25) is 5.88 Å². The molecule has 1 aromatic rings. The van der Waals surface area contributed by atoms with Gasteiger partial charge in [0.15, 0.2) is 0 Å². The Morgan fingerprint density at radius 3 is 2.78 bits per heavy atom. The highest BCUT2D eigenvalue weighted by Crippen LogP contribution is 2.34. The molecule has 0 amide bonds. The standard InChI is InChI=1S/C14H23N3O/c1-4-15-13(11-6-7-11)8-12-9-14(18-5-2)17-10(3)16-12/h9,11,13,15H,4-8H2,1-3H3. The number of aromatic nitrogens is 2. The number of hydrogen-bond acceptors (Lipinski definition) is 4. The molecule has 0 aliphatic heterocycles. The van der Waals surface area contributed by atoms with Crippen LogP contribution in [0, 0.1) is 12.8 Å². The van der Waals surface area contributed by atoms with Crippen molar-refractivity contribution in [2.24, 2.45) is 5.92 Å². The van der Waals surface area contributed by atoms with Crippen molar-refractivity contribution >= 4 is 0 Å². The van der Waals surface area contributed by atoms with Gasteiger partial charge in [-0.25, -0.2) is 4.98 Å². The quantitative estimate of drug-likeness (QED) is 0.804. The summed E-state index contributed by atoms with van der Waals surface area (Å²) in [6.45, 7) is 7.72. The molecule has 0 spiro atoms. The predicted octanol–water partition coefficient (Wildman–Crippen LogP) is 2.11. The number of aryl methyl sites for hydroxylation is 1. The second-order valence-electron chi connectivity index (χ2n) is 4.88. The van der Waals surface area contributed by atoms with Crippen LogP contribution in [0.2, 0.25) is 0 Å². The lowest BCUT2D eigenvalue weighted by Gasteiger charge is -2.17. The van der Waals surface area contributed by atoms with E-state index in [1.54, 1.807) is 0 Å². The van der Waals surface area contributed by atoms with Crippen LogP contribution in [0.1, 0.15) is 38.2 Å². The van der Waals surface area contributed by atoms with Crippen LogP contribution in [0.25, 0.3) is 0 Å². The summed E-state index contributed by atoms with van der Waals surface area (Å²) in [5, 5.41) is 3.56. The fourth-order valence-corrected chi connectivity index (χ4v) is 2.32. The Morgan fingerprint density at radius 2 is 2.17 bits per heavy atom. The molecule has 1 aliphatic carbocycles. The smallest absolute Gasteiger partial charge is 0.216 e. The highest BCUT2D eigenvalue weighted by molar-refractivity contribution is 5.17. The van der Waals surface area contributed by atoms with Crippen molar-refractivity contribution in [3.8, 4) is 5.88 Å². The van der Waals surface area contributed by atoms with E-state index in [9.17, 15) is 0 Å². The van der Waals surface area contributed by atoms with E-state index in [-0.39, 0.29) is 0 Å². The Hall–Kier alpha value is -1.16. The molecule has 1 atom stereocenters. The lowest BCUT2D eigenvalue weighted by molar-refractivity contribution is 0.324. The maximum Gasteiger partial charge on any atom is 0.216 e. The van der Waals surface area contributed by atoms with Crippen molar-refractivity contribution in [3.63, 3.8) is 0 Å². The molecule has 1 aromatic heterocycles. The normalized spacial score (nSPS) is 16.6. The fraction of sp³-hybridized carbons (Fsp3) is 0.714. The maximum absolute atomic E-state index is 5.47. The van der Waals surface area contributed by atoms with Crippen LogP contribution in [-0.2, 0) is 6.42 Å². The first kappa shape index (κ1) is 13.3. The molecule has 1 N–H and O–H groups in total. The van der Waals surface area contributed by atoms with Crippen molar-refractivity contribution in [1.29, 1.82) is 0 Å². The SMILES string of the molecule is CCNC(Cc1cc(OCC)nc(C)n1)C1CC1. The molecule has 0 saturated heterocycles. The van der Waals surface area contributed by atoms with Gasteiger partial charge in [-0.1, -0.05) is 6.92 Å². The summed E-state index contributed by atoms with van der Waals surface area (Å²) in [6, 6.07) is 2.53. The van der Waals surface area contributed by atoms with Crippen molar-refractivity contribution in [1.82, 2.24) is 15.3 Å². The Labute approximate surface area is 109 Å². The zero-order valence-corrected chi connectivity index (χ0v) is 11.6. The molecule has 1 unspecified atom stereocenters. The number of nitrogens with zero attached hydrogens (tertiary/aromatic N) is 2. The highest BCUT2D eigenvalue weighted by atomic mass is 16.5. The molecule has 0 radical (unpaired) electrons. The van der Waals surface area contributed by atoms with E-state index in [0.717, 1.165) is 30.4 Å². The minimum atomic E-state index is 0.554. The molecule has 18 heavy (non-hydrogen) atoms. The van der Waals surface area contributed by atoms with E-state index in [2.05, 4.69) is 22.2 Å². The molecule has 2 rings (SSSR count). The van der Waals surface area contributed by atoms with Gasteiger partial charge >= 0.3 is 0 Å². The minimum absolute atomic E-state index is 0.554. The fourth-order valence-electron chi connectivity index (χ4n) is 2.32. The van der Waals surface area contributed by atoms with Crippen molar-refractivity contribution in [3.05, 3.63) is 17.6 Å². The van der Waals surface area contributed by atoms with Gasteiger partial charge in [-0.3, -0.25) is 0 Å². The second kappa shape index (κ2) is 6.14. The lowest BCUT2D eigenvalue weighted by Crippen LogP contribution is -2.33. The summed E-state index contributed by atoms with van der Waals surface area (Å²) < 4.78 is 5.47. The lowest BCUT2D eigenvalue weighted by atomic mass is 10.1. The Bertz CT molecular complexity index is 391. The molecule has 0 aromatic carbocycles. The zero-order chi connectivity index (χ0) is 13.0. The molecule has 0 bridgehead atoms. The van der Waals surface area contributed by atoms with Gasteiger partial charge < -0.3 is 10.1 Å². The van der Waals surface area contributed by atoms with E-state index in [1.165, 1.54) is 12.8 Å². The average Bonchev–Trinajstić information content (AvgIpc) is 3.12. The minimum Gasteiger partial charge on any atom is -0.478 e. The van der Waals surface area contributed by atoms with Gasteiger partial charge in [0.25, 0.3) is 0 Å². The van der Waals surface area contributed by atoms with Crippen LogP contribution in [0.3, 0.4) is 0 Å². The number of rotatable bonds is 7. The van der Waals surface area contributed by atoms with E-state index < -0.39 is 0 Å². The molecule has 1 saturated carbocycles. The summed E-state index contributed by atoms with van der Waals surface area (Å²) in [5.74, 6) is 2.32. The Balaban J connectivity index is 2.06. The van der Waals surface area contributed by atoms with Crippen LogP contribution in [-0.4, -0.2) is 29.2 Å². The van der Waals surface area contributed by atoms with Crippen LogP contribution in [0.15, 0.2) is 6.07 Å². The summed E-state index contributed by atoms with van der Waals surface area (Å²) in [5.41, 5.74) is 1.09. The van der Waals surface area contributed by atoms with E-state index in [1.807, 2.05) is 19.9 Å². The zero-order valence-electron chi connectivity index (χ0n) is 11.6. The Kier molecular flexibility index (Phi) is 4.53. The number of ether oxygens (including phenoxy) is 1. The summed E-state index contributed by atoms with van der Waals surface area (Å²) in [7, 11) is 0. The van der Waals surface area contributed by atoms with Gasteiger partial charge in [-0.2, -0.15) is 4.98 Å². The van der Waals surface area contributed by atoms with Gasteiger partial charge in [0.05, 0.1) is 6.61 Å². The first-order valence-corrected chi connectivity index (χ1v) is 6.93. The second-order valence-corrected chi connectivity index (χ2v) is 4.88. The molecule has 4 heteroatoms. The van der Waals surface area contributed by atoms with Crippen LogP contribution < -0.4 is 10.1 Å². The third-order valence-corrected chi connectivity index (χ3v) is 3.25. The van der Waals surface area contributed by atoms with Crippen LogP contribution in [0.5, 0.6) is 5.88 Å². The van der Waals surface area contributed by atoms with Gasteiger partial charge in [-0.05, 0) is 39.2 Å². The van der Waals surface area contributed by atoms with Gasteiger partial charge in [0, 0.05) is 24.2 Å². The van der Waals surface area contributed by atoms with E-state index in [4.69, 9.17) is 4.74 Å². The molecule has 4 nitrogen and oxygen atoms in total. The third-order valence-electron chi connectivity index (χ3n) is 3.25. The van der Waals surface area contributed by atoms with Gasteiger partial charge in [0.1, 0.15) is 5.82 Å². The van der Waals surface area contributed by atoms with Crippen molar-refractivity contribution in [2.45, 2.75) is 46.1 Å². The molecular formula is C14H23N3O. The summed E-state index contributed by atoms with van der Waals surface area (Å²) in [4.78, 5) is 8.80. The predicted molar refractivity (Wildman–Crippen MR) is 71.8 cm³/mol. The maximum atomic E-state index is 5.47. The molecular weight excluding hydrogens is 226 g/mol. The summed E-state index contributed by atoms with van der Waals surface area (Å²) >= 11 is 0. The largest absolute Gasteiger partial charge is 0.478 e. The molecule has 100 valence electrons. The number of likely N-dealkylation sites (N-methyl/N-ethyl adjacent to an activating group) is 1. The number of nitrogens with one attached hydrogen (secondary N) is 1. The van der Waals surface area contributed by atoms with Crippen molar-refractivity contribution in [2.75, 3.05) is 13.2 Å². The number of hydrogen-bond donors (Lipinski definition) is 1. The van der Waals surface area contributed by atoms with E-state index >= 15 is 0 Å². The average molecular weight is 249 g/mol. The monoisotopic (exact) mass is 249 g/mol. The molecule has 1 heterocycles. The highest BCUT2D eigenvalue weighted by Gasteiger charge is 2.30. The van der Waals surface area contributed by atoms with Crippen molar-refractivity contribution < 1.29 is 4.74 Å². The third kappa shape index (κ3) is 3.67. The Morgan fingerprint density at radius 1 is 1.39 bits per heavy atom. The van der Waals surface area contributed by atoms with E-state index in [0.29, 0.717) is 18.5 Å². The first-order valence-electron chi connectivity index (χ1n) is 6.93. The molecule has 1 aliphatic rings. The topological polar surface area (TPSA) is 47.0 Å². The molecule has 1 fully saturated rings. The summed E-state index contributed by atoms with van der Waals surface area (Å²) in [6.07, 6.45) is 3.67. The van der Waals surface area contributed by atoms with Gasteiger partial charge in [-0.15, -0.1) is 0 Å². The first-order chi connectivity index (χ1) is 8.72.